The summed E-state index contributed by atoms with van der Waals surface area (Å²) in [5, 5.41) is 3.39. The fourth-order valence-electron chi connectivity index (χ4n) is 1.83. The van der Waals surface area contributed by atoms with Crippen LogP contribution in [-0.4, -0.2) is 10.5 Å². The molecule has 0 aliphatic carbocycles. The summed E-state index contributed by atoms with van der Waals surface area (Å²) in [7, 11) is 0. The fourth-order valence-corrected chi connectivity index (χ4v) is 2.02. The van der Waals surface area contributed by atoms with Crippen molar-refractivity contribution in [3.8, 4) is 0 Å². The number of rotatable bonds is 4. The minimum absolute atomic E-state index is 0.0852. The van der Waals surface area contributed by atoms with Crippen molar-refractivity contribution in [1.82, 2.24) is 4.57 Å². The Morgan fingerprint density at radius 3 is 2.62 bits per heavy atom. The van der Waals surface area contributed by atoms with Gasteiger partial charge in [-0.1, -0.05) is 43.6 Å². The Bertz CT molecular complexity index is 707. The molecule has 110 valence electrons. The Morgan fingerprint density at radius 1 is 1.24 bits per heavy atom. The van der Waals surface area contributed by atoms with E-state index in [4.69, 9.17) is 11.6 Å². The van der Waals surface area contributed by atoms with Gasteiger partial charge < -0.3 is 9.88 Å². The zero-order chi connectivity index (χ0) is 15.4. The number of nitrogens with one attached hydrogen (secondary N) is 1. The van der Waals surface area contributed by atoms with Crippen LogP contribution in [0.15, 0.2) is 47.4 Å². The van der Waals surface area contributed by atoms with E-state index in [2.05, 4.69) is 5.32 Å². The number of carbonyl (C=O) groups is 1. The second kappa shape index (κ2) is 6.59. The van der Waals surface area contributed by atoms with Gasteiger partial charge in [-0.3, -0.25) is 9.59 Å². The van der Waals surface area contributed by atoms with E-state index in [1.54, 1.807) is 18.3 Å². The highest BCUT2D eigenvalue weighted by Crippen LogP contribution is 2.16. The Balaban J connectivity index is 2.26. The molecule has 0 aliphatic rings. The van der Waals surface area contributed by atoms with Gasteiger partial charge in [0, 0.05) is 23.2 Å². The number of amides is 1. The van der Waals surface area contributed by atoms with Crippen LogP contribution in [0.3, 0.4) is 0 Å². The van der Waals surface area contributed by atoms with E-state index in [0.717, 1.165) is 5.56 Å². The molecule has 5 heteroatoms. The van der Waals surface area contributed by atoms with Crippen LogP contribution in [0.25, 0.3) is 0 Å². The monoisotopic (exact) mass is 304 g/mol. The van der Waals surface area contributed by atoms with Gasteiger partial charge in [0.15, 0.2) is 0 Å². The molecule has 2 rings (SSSR count). The van der Waals surface area contributed by atoms with Crippen molar-refractivity contribution in [3.05, 3.63) is 63.5 Å². The van der Waals surface area contributed by atoms with Gasteiger partial charge in [-0.15, -0.1) is 0 Å². The highest BCUT2D eigenvalue weighted by molar-refractivity contribution is 6.31. The Hall–Kier alpha value is -2.07. The van der Waals surface area contributed by atoms with Crippen molar-refractivity contribution in [2.75, 3.05) is 5.32 Å². The maximum atomic E-state index is 11.9. The summed E-state index contributed by atoms with van der Waals surface area (Å²) < 4.78 is 1.52. The molecule has 1 N–H and O–H groups in total. The Labute approximate surface area is 128 Å². The van der Waals surface area contributed by atoms with Crippen molar-refractivity contribution < 1.29 is 4.79 Å². The van der Waals surface area contributed by atoms with Crippen molar-refractivity contribution in [2.45, 2.75) is 20.4 Å². The molecule has 21 heavy (non-hydrogen) atoms. The molecule has 1 aromatic heterocycles. The smallest absolute Gasteiger partial charge is 0.250 e. The lowest BCUT2D eigenvalue weighted by Gasteiger charge is -2.11. The first-order valence-corrected chi connectivity index (χ1v) is 7.10. The van der Waals surface area contributed by atoms with E-state index in [9.17, 15) is 9.59 Å². The minimum Gasteiger partial charge on any atom is -0.325 e. The maximum absolute atomic E-state index is 11.9. The quantitative estimate of drug-likeness (QED) is 0.943. The highest BCUT2D eigenvalue weighted by Gasteiger charge is 2.08. The summed E-state index contributed by atoms with van der Waals surface area (Å²) in [5.74, 6) is -0.202. The lowest BCUT2D eigenvalue weighted by atomic mass is 10.2. The standard InChI is InChI=1S/C16H17ClN2O2/c1-11(2)16(21)18-13-7-8-15(20)19(10-13)9-12-5-3-4-6-14(12)17/h3-8,10-11H,9H2,1-2H3,(H,18,21). The van der Waals surface area contributed by atoms with Crippen molar-refractivity contribution >= 4 is 23.2 Å². The molecule has 2 aromatic rings. The van der Waals surface area contributed by atoms with Crippen molar-refractivity contribution in [3.63, 3.8) is 0 Å². The zero-order valence-corrected chi connectivity index (χ0v) is 12.7. The van der Waals surface area contributed by atoms with E-state index >= 15 is 0 Å². The molecule has 0 saturated heterocycles. The molecule has 1 amide bonds. The van der Waals surface area contributed by atoms with Crippen molar-refractivity contribution in [1.29, 1.82) is 0 Å². The molecule has 0 spiro atoms. The van der Waals surface area contributed by atoms with Gasteiger partial charge in [-0.25, -0.2) is 0 Å². The summed E-state index contributed by atoms with van der Waals surface area (Å²) in [6.07, 6.45) is 1.63. The Kier molecular flexibility index (Phi) is 4.81. The van der Waals surface area contributed by atoms with Crippen LogP contribution in [0.1, 0.15) is 19.4 Å². The molecule has 0 radical (unpaired) electrons. The second-order valence-corrected chi connectivity index (χ2v) is 5.53. The zero-order valence-electron chi connectivity index (χ0n) is 12.0. The van der Waals surface area contributed by atoms with E-state index in [1.165, 1.54) is 10.6 Å². The van der Waals surface area contributed by atoms with E-state index in [-0.39, 0.29) is 17.4 Å². The van der Waals surface area contributed by atoms with E-state index < -0.39 is 0 Å². The van der Waals surface area contributed by atoms with Crippen LogP contribution in [0, 0.1) is 5.92 Å². The summed E-state index contributed by atoms with van der Waals surface area (Å²) in [5.41, 5.74) is 1.31. The maximum Gasteiger partial charge on any atom is 0.250 e. The van der Waals surface area contributed by atoms with Gasteiger partial charge >= 0.3 is 0 Å². The molecule has 1 aromatic carbocycles. The fraction of sp³-hybridized carbons (Fsp3) is 0.250. The SMILES string of the molecule is CC(C)C(=O)Nc1ccc(=O)n(Cc2ccccc2Cl)c1. The van der Waals surface area contributed by atoms with Crippen molar-refractivity contribution in [2.24, 2.45) is 5.92 Å². The van der Waals surface area contributed by atoms with Gasteiger partial charge in [-0.2, -0.15) is 0 Å². The first kappa shape index (κ1) is 15.3. The van der Waals surface area contributed by atoms with Crippen LogP contribution < -0.4 is 10.9 Å². The molecule has 4 nitrogen and oxygen atoms in total. The number of carbonyl (C=O) groups excluding carboxylic acids is 1. The predicted octanol–water partition coefficient (Wildman–Crippen LogP) is 3.14. The lowest BCUT2D eigenvalue weighted by Crippen LogP contribution is -2.22. The van der Waals surface area contributed by atoms with Gasteiger partial charge in [0.25, 0.3) is 5.56 Å². The average Bonchev–Trinajstić information content (AvgIpc) is 2.44. The molecular weight excluding hydrogens is 288 g/mol. The van der Waals surface area contributed by atoms with E-state index in [1.807, 2.05) is 32.0 Å². The third-order valence-corrected chi connectivity index (χ3v) is 3.44. The van der Waals surface area contributed by atoms with E-state index in [0.29, 0.717) is 17.3 Å². The average molecular weight is 305 g/mol. The van der Waals surface area contributed by atoms with Gasteiger partial charge in [0.1, 0.15) is 0 Å². The van der Waals surface area contributed by atoms with Gasteiger partial charge in [-0.05, 0) is 17.7 Å². The molecule has 0 aliphatic heterocycles. The first-order valence-electron chi connectivity index (χ1n) is 6.72. The van der Waals surface area contributed by atoms with Crippen LogP contribution in [0.5, 0.6) is 0 Å². The minimum atomic E-state index is -0.141. The number of anilines is 1. The highest BCUT2D eigenvalue weighted by atomic mass is 35.5. The molecule has 1 heterocycles. The van der Waals surface area contributed by atoms with Gasteiger partial charge in [0.05, 0.1) is 12.2 Å². The topological polar surface area (TPSA) is 51.1 Å². The third kappa shape index (κ3) is 3.95. The van der Waals surface area contributed by atoms with Crippen LogP contribution >= 0.6 is 11.6 Å². The summed E-state index contributed by atoms with van der Waals surface area (Å²) >= 11 is 6.11. The van der Waals surface area contributed by atoms with Crippen LogP contribution in [0.4, 0.5) is 5.69 Å². The first-order chi connectivity index (χ1) is 9.97. The number of nitrogens with zero attached hydrogens (tertiary/aromatic N) is 1. The predicted molar refractivity (Wildman–Crippen MR) is 84.7 cm³/mol. The van der Waals surface area contributed by atoms with Crippen LogP contribution in [0.2, 0.25) is 5.02 Å². The molecule has 0 fully saturated rings. The van der Waals surface area contributed by atoms with Crippen LogP contribution in [-0.2, 0) is 11.3 Å². The number of pyridine rings is 1. The normalized spacial score (nSPS) is 10.7. The largest absolute Gasteiger partial charge is 0.325 e. The lowest BCUT2D eigenvalue weighted by molar-refractivity contribution is -0.118. The number of hydrogen-bond acceptors (Lipinski definition) is 2. The number of aromatic nitrogens is 1. The summed E-state index contributed by atoms with van der Waals surface area (Å²) in [4.78, 5) is 23.6. The number of benzene rings is 1. The summed E-state index contributed by atoms with van der Waals surface area (Å²) in [6.45, 7) is 3.99. The molecule has 0 saturated carbocycles. The molecule has 0 atom stereocenters. The number of hydrogen-bond donors (Lipinski definition) is 1. The second-order valence-electron chi connectivity index (χ2n) is 5.12. The van der Waals surface area contributed by atoms with Gasteiger partial charge in [0.2, 0.25) is 5.91 Å². The Morgan fingerprint density at radius 2 is 1.95 bits per heavy atom. The summed E-state index contributed by atoms with van der Waals surface area (Å²) in [6, 6.07) is 10.4. The number of halogens is 1. The molecule has 0 unspecified atom stereocenters. The molecule has 0 bridgehead atoms. The third-order valence-electron chi connectivity index (χ3n) is 3.07. The molecular formula is C16H17ClN2O2.